The predicted molar refractivity (Wildman–Crippen MR) is 100 cm³/mol. The first kappa shape index (κ1) is 19.2. The summed E-state index contributed by atoms with van der Waals surface area (Å²) in [5, 5.41) is 2.44. The van der Waals surface area contributed by atoms with Crippen molar-refractivity contribution in [2.45, 2.75) is 4.90 Å². The van der Waals surface area contributed by atoms with Crippen molar-refractivity contribution >= 4 is 27.7 Å². The Labute approximate surface area is 157 Å². The standard InChI is InChI=1S/C19H19FN2O4S/c20-17-3-1-2-4-18(17)21-19(23)10-7-15-5-8-16(9-6-15)27(24,25)22-11-13-26-14-12-22/h1-10H,11-14H2,(H,21,23). The summed E-state index contributed by atoms with van der Waals surface area (Å²) in [5.41, 5.74) is 0.749. The number of anilines is 1. The zero-order chi connectivity index (χ0) is 19.3. The molecular weight excluding hydrogens is 371 g/mol. The van der Waals surface area contributed by atoms with Crippen molar-refractivity contribution in [3.8, 4) is 0 Å². The van der Waals surface area contributed by atoms with Gasteiger partial charge < -0.3 is 10.1 Å². The molecule has 6 nitrogen and oxygen atoms in total. The van der Waals surface area contributed by atoms with Gasteiger partial charge in [-0.1, -0.05) is 24.3 Å². The Morgan fingerprint density at radius 3 is 2.41 bits per heavy atom. The van der Waals surface area contributed by atoms with E-state index in [9.17, 15) is 17.6 Å². The van der Waals surface area contributed by atoms with Gasteiger partial charge in [-0.2, -0.15) is 4.31 Å². The minimum absolute atomic E-state index is 0.0964. The van der Waals surface area contributed by atoms with Crippen LogP contribution in [0.25, 0.3) is 6.08 Å². The van der Waals surface area contributed by atoms with Gasteiger partial charge in [0.15, 0.2) is 0 Å². The normalized spacial score (nSPS) is 15.7. The molecule has 0 aliphatic carbocycles. The highest BCUT2D eigenvalue weighted by Crippen LogP contribution is 2.18. The Bertz CT molecular complexity index is 936. The van der Waals surface area contributed by atoms with Crippen molar-refractivity contribution in [2.75, 3.05) is 31.6 Å². The number of benzene rings is 2. The largest absolute Gasteiger partial charge is 0.379 e. The zero-order valence-electron chi connectivity index (χ0n) is 14.5. The van der Waals surface area contributed by atoms with Crippen molar-refractivity contribution < 1.29 is 22.3 Å². The van der Waals surface area contributed by atoms with Crippen LogP contribution in [-0.2, 0) is 19.6 Å². The van der Waals surface area contributed by atoms with Crippen LogP contribution in [-0.4, -0.2) is 44.9 Å². The molecule has 1 heterocycles. The van der Waals surface area contributed by atoms with Gasteiger partial charge in [-0.05, 0) is 35.9 Å². The van der Waals surface area contributed by atoms with Crippen LogP contribution in [0.4, 0.5) is 10.1 Å². The number of ether oxygens (including phenoxy) is 1. The lowest BCUT2D eigenvalue weighted by Gasteiger charge is -2.26. The second kappa shape index (κ2) is 8.43. The lowest BCUT2D eigenvalue weighted by Crippen LogP contribution is -2.40. The summed E-state index contributed by atoms with van der Waals surface area (Å²) in [6, 6.07) is 12.1. The molecule has 0 unspecified atom stereocenters. The fourth-order valence-electron chi connectivity index (χ4n) is 2.60. The number of para-hydroxylation sites is 1. The summed E-state index contributed by atoms with van der Waals surface area (Å²) in [6.45, 7) is 1.44. The Hall–Kier alpha value is -2.55. The van der Waals surface area contributed by atoms with Crippen LogP contribution in [0, 0.1) is 5.82 Å². The number of hydrogen-bond acceptors (Lipinski definition) is 4. The van der Waals surface area contributed by atoms with Crippen molar-refractivity contribution in [2.24, 2.45) is 0 Å². The van der Waals surface area contributed by atoms with E-state index in [2.05, 4.69) is 5.32 Å². The van der Waals surface area contributed by atoms with Gasteiger partial charge >= 0.3 is 0 Å². The van der Waals surface area contributed by atoms with E-state index in [1.165, 1.54) is 46.8 Å². The van der Waals surface area contributed by atoms with Gasteiger partial charge in [-0.25, -0.2) is 12.8 Å². The molecule has 0 aromatic heterocycles. The quantitative estimate of drug-likeness (QED) is 0.796. The molecule has 1 N–H and O–H groups in total. The van der Waals surface area contributed by atoms with Crippen molar-refractivity contribution in [3.63, 3.8) is 0 Å². The third kappa shape index (κ3) is 4.79. The number of nitrogens with one attached hydrogen (secondary N) is 1. The van der Waals surface area contributed by atoms with Crippen LogP contribution in [0.5, 0.6) is 0 Å². The van der Waals surface area contributed by atoms with Crippen LogP contribution in [0.3, 0.4) is 0 Å². The molecule has 1 saturated heterocycles. The molecule has 0 bridgehead atoms. The maximum absolute atomic E-state index is 13.5. The molecule has 1 fully saturated rings. The van der Waals surface area contributed by atoms with Crippen LogP contribution in [0.15, 0.2) is 59.5 Å². The molecule has 2 aromatic rings. The topological polar surface area (TPSA) is 75.7 Å². The molecule has 1 amide bonds. The third-order valence-corrected chi connectivity index (χ3v) is 5.96. The van der Waals surface area contributed by atoms with Gasteiger partial charge in [0.05, 0.1) is 23.8 Å². The fraction of sp³-hybridized carbons (Fsp3) is 0.211. The lowest BCUT2D eigenvalue weighted by molar-refractivity contribution is -0.111. The fourth-order valence-corrected chi connectivity index (χ4v) is 4.00. The minimum Gasteiger partial charge on any atom is -0.379 e. The Kier molecular flexibility index (Phi) is 6.00. The number of nitrogens with zero attached hydrogens (tertiary/aromatic N) is 1. The van der Waals surface area contributed by atoms with Crippen molar-refractivity contribution in [3.05, 3.63) is 66.0 Å². The summed E-state index contributed by atoms with van der Waals surface area (Å²) in [5.74, 6) is -0.998. The highest BCUT2D eigenvalue weighted by Gasteiger charge is 2.25. The zero-order valence-corrected chi connectivity index (χ0v) is 15.3. The summed E-state index contributed by atoms with van der Waals surface area (Å²) in [4.78, 5) is 12.1. The van der Waals surface area contributed by atoms with E-state index in [0.717, 1.165) is 0 Å². The molecule has 8 heteroatoms. The second-order valence-electron chi connectivity index (χ2n) is 5.89. The summed E-state index contributed by atoms with van der Waals surface area (Å²) in [6.07, 6.45) is 2.79. The van der Waals surface area contributed by atoms with E-state index in [1.807, 2.05) is 0 Å². The second-order valence-corrected chi connectivity index (χ2v) is 7.83. The van der Waals surface area contributed by atoms with E-state index in [-0.39, 0.29) is 10.6 Å². The van der Waals surface area contributed by atoms with Crippen LogP contribution in [0.2, 0.25) is 0 Å². The van der Waals surface area contributed by atoms with E-state index >= 15 is 0 Å². The Morgan fingerprint density at radius 2 is 1.74 bits per heavy atom. The van der Waals surface area contributed by atoms with Crippen molar-refractivity contribution in [1.82, 2.24) is 4.31 Å². The van der Waals surface area contributed by atoms with E-state index < -0.39 is 21.7 Å². The average molecular weight is 390 g/mol. The van der Waals surface area contributed by atoms with Gasteiger partial charge in [-0.3, -0.25) is 4.79 Å². The first-order valence-electron chi connectivity index (χ1n) is 8.38. The van der Waals surface area contributed by atoms with Crippen LogP contribution < -0.4 is 5.32 Å². The first-order chi connectivity index (χ1) is 13.0. The summed E-state index contributed by atoms with van der Waals surface area (Å²) in [7, 11) is -3.55. The molecule has 0 atom stereocenters. The molecule has 3 rings (SSSR count). The molecule has 0 saturated carbocycles. The molecular formula is C19H19FN2O4S. The smallest absolute Gasteiger partial charge is 0.248 e. The van der Waals surface area contributed by atoms with Gasteiger partial charge in [0.1, 0.15) is 5.82 Å². The first-order valence-corrected chi connectivity index (χ1v) is 9.82. The van der Waals surface area contributed by atoms with Crippen LogP contribution >= 0.6 is 0 Å². The number of rotatable bonds is 5. The number of carbonyl (C=O) groups is 1. The molecule has 2 aromatic carbocycles. The van der Waals surface area contributed by atoms with Gasteiger partial charge in [0, 0.05) is 19.2 Å². The molecule has 27 heavy (non-hydrogen) atoms. The Balaban J connectivity index is 1.65. The monoisotopic (exact) mass is 390 g/mol. The maximum atomic E-state index is 13.5. The van der Waals surface area contributed by atoms with Gasteiger partial charge in [0.25, 0.3) is 0 Å². The molecule has 0 spiro atoms. The SMILES string of the molecule is O=C(C=Cc1ccc(S(=O)(=O)N2CCOCC2)cc1)Nc1ccccc1F. The predicted octanol–water partition coefficient (Wildman–Crippen LogP) is 2.50. The number of morpholine rings is 1. The molecule has 0 radical (unpaired) electrons. The number of halogens is 1. The highest BCUT2D eigenvalue weighted by molar-refractivity contribution is 7.89. The Morgan fingerprint density at radius 1 is 1.07 bits per heavy atom. The van der Waals surface area contributed by atoms with Crippen molar-refractivity contribution in [1.29, 1.82) is 0 Å². The highest BCUT2D eigenvalue weighted by atomic mass is 32.2. The third-order valence-electron chi connectivity index (χ3n) is 4.05. The van der Waals surface area contributed by atoms with E-state index in [1.54, 1.807) is 18.2 Å². The number of amides is 1. The number of carbonyl (C=O) groups excluding carboxylic acids is 1. The number of sulfonamides is 1. The number of hydrogen-bond donors (Lipinski definition) is 1. The molecule has 1 aliphatic heterocycles. The summed E-state index contributed by atoms with van der Waals surface area (Å²) < 4.78 is 45.2. The maximum Gasteiger partial charge on any atom is 0.248 e. The lowest BCUT2D eigenvalue weighted by atomic mass is 10.2. The average Bonchev–Trinajstić information content (AvgIpc) is 2.69. The van der Waals surface area contributed by atoms with Gasteiger partial charge in [0.2, 0.25) is 15.9 Å². The van der Waals surface area contributed by atoms with E-state index in [4.69, 9.17) is 4.74 Å². The molecule has 1 aliphatic rings. The van der Waals surface area contributed by atoms with E-state index in [0.29, 0.717) is 31.9 Å². The summed E-state index contributed by atoms with van der Waals surface area (Å²) >= 11 is 0. The van der Waals surface area contributed by atoms with Crippen LogP contribution in [0.1, 0.15) is 5.56 Å². The van der Waals surface area contributed by atoms with Gasteiger partial charge in [-0.15, -0.1) is 0 Å². The minimum atomic E-state index is -3.55. The molecule has 142 valence electrons.